The average molecular weight is 470 g/mol. The van der Waals surface area contributed by atoms with E-state index >= 15 is 0 Å². The molecule has 4 saturated carbocycles. The molecule has 0 atom stereocenters. The van der Waals surface area contributed by atoms with Gasteiger partial charge in [0, 0.05) is 25.6 Å². The molecule has 0 aliphatic heterocycles. The summed E-state index contributed by atoms with van der Waals surface area (Å²) in [6.07, 6.45) is 8.16. The summed E-state index contributed by atoms with van der Waals surface area (Å²) in [7, 11) is 5.01. The van der Waals surface area contributed by atoms with E-state index < -0.39 is 0 Å². The fraction of sp³-hybridized carbons (Fsp3) is 0.625. The first-order valence-electron chi connectivity index (χ1n) is 11.8. The minimum absolute atomic E-state index is 0.0686. The van der Waals surface area contributed by atoms with Gasteiger partial charge in [-0.05, 0) is 44.2 Å². The SMILES string of the molecule is COC(=O)C12CC(COc3ccc(-c4nnn(C)c4COC(=O)N(C)C4CCCC4)nc3)(C1)C2. The lowest BCUT2D eigenvalue weighted by Crippen LogP contribution is -2.67. The first-order valence-corrected chi connectivity index (χ1v) is 11.8. The first-order chi connectivity index (χ1) is 16.3. The second-order valence-corrected chi connectivity index (χ2v) is 10.1. The Bertz CT molecular complexity index is 1060. The maximum absolute atomic E-state index is 12.5. The maximum Gasteiger partial charge on any atom is 0.410 e. The van der Waals surface area contributed by atoms with Crippen molar-refractivity contribution in [1.29, 1.82) is 0 Å². The molecule has 2 bridgehead atoms. The van der Waals surface area contributed by atoms with Gasteiger partial charge in [0.05, 0.1) is 31.0 Å². The number of hydrogen-bond acceptors (Lipinski definition) is 8. The molecule has 6 rings (SSSR count). The van der Waals surface area contributed by atoms with E-state index in [0.717, 1.165) is 44.9 Å². The number of aromatic nitrogens is 4. The number of ether oxygens (including phenoxy) is 3. The third-order valence-corrected chi connectivity index (χ3v) is 7.72. The number of methoxy groups -OCH3 is 1. The van der Waals surface area contributed by atoms with Crippen molar-refractivity contribution >= 4 is 12.1 Å². The molecule has 4 aliphatic carbocycles. The van der Waals surface area contributed by atoms with Crippen LogP contribution in [0.1, 0.15) is 50.6 Å². The van der Waals surface area contributed by atoms with Gasteiger partial charge in [-0.2, -0.15) is 0 Å². The molecular weight excluding hydrogens is 438 g/mol. The summed E-state index contributed by atoms with van der Waals surface area (Å²) in [6, 6.07) is 3.93. The monoisotopic (exact) mass is 469 g/mol. The van der Waals surface area contributed by atoms with Crippen LogP contribution >= 0.6 is 0 Å². The molecule has 0 radical (unpaired) electrons. The van der Waals surface area contributed by atoms with E-state index in [2.05, 4.69) is 15.3 Å². The average Bonchev–Trinajstić information content (AvgIpc) is 3.45. The van der Waals surface area contributed by atoms with Gasteiger partial charge < -0.3 is 19.1 Å². The van der Waals surface area contributed by atoms with E-state index in [0.29, 0.717) is 29.4 Å². The minimum atomic E-state index is -0.335. The molecule has 10 heteroatoms. The number of pyridine rings is 1. The van der Waals surface area contributed by atoms with Crippen molar-refractivity contribution in [3.63, 3.8) is 0 Å². The molecule has 4 aliphatic rings. The molecule has 2 heterocycles. The molecule has 4 fully saturated rings. The van der Waals surface area contributed by atoms with Crippen LogP contribution in [0.15, 0.2) is 18.3 Å². The molecular formula is C24H31N5O5. The van der Waals surface area contributed by atoms with Crippen LogP contribution in [0.3, 0.4) is 0 Å². The summed E-state index contributed by atoms with van der Waals surface area (Å²) in [6.45, 7) is 0.632. The molecule has 10 nitrogen and oxygen atoms in total. The van der Waals surface area contributed by atoms with Gasteiger partial charge in [-0.25, -0.2) is 9.48 Å². The molecule has 0 spiro atoms. The molecule has 0 unspecified atom stereocenters. The third kappa shape index (κ3) is 3.88. The number of amides is 1. The van der Waals surface area contributed by atoms with E-state index in [4.69, 9.17) is 14.2 Å². The van der Waals surface area contributed by atoms with Gasteiger partial charge >= 0.3 is 12.1 Å². The van der Waals surface area contributed by atoms with Crippen LogP contribution < -0.4 is 4.74 Å². The van der Waals surface area contributed by atoms with Crippen molar-refractivity contribution in [3.8, 4) is 17.1 Å². The summed E-state index contributed by atoms with van der Waals surface area (Å²) < 4.78 is 18.0. The Morgan fingerprint density at radius 3 is 2.59 bits per heavy atom. The number of rotatable bonds is 8. The van der Waals surface area contributed by atoms with E-state index in [1.807, 2.05) is 12.1 Å². The van der Waals surface area contributed by atoms with Crippen LogP contribution in [-0.2, 0) is 27.9 Å². The summed E-state index contributed by atoms with van der Waals surface area (Å²) in [5, 5.41) is 8.31. The zero-order valence-corrected chi connectivity index (χ0v) is 20.0. The normalized spacial score (nSPS) is 25.3. The van der Waals surface area contributed by atoms with Gasteiger partial charge in [0.2, 0.25) is 0 Å². The van der Waals surface area contributed by atoms with Crippen LogP contribution in [0.2, 0.25) is 0 Å². The quantitative estimate of drug-likeness (QED) is 0.543. The number of esters is 1. The Labute approximate surface area is 198 Å². The Hall–Kier alpha value is -3.17. The molecule has 2 aromatic rings. The highest BCUT2D eigenvalue weighted by Crippen LogP contribution is 2.73. The van der Waals surface area contributed by atoms with Crippen molar-refractivity contribution in [3.05, 3.63) is 24.0 Å². The molecule has 0 N–H and O–H groups in total. The predicted octanol–water partition coefficient (Wildman–Crippen LogP) is 3.11. The largest absolute Gasteiger partial charge is 0.491 e. The number of carbonyl (C=O) groups is 2. The van der Waals surface area contributed by atoms with Gasteiger partial charge in [0.1, 0.15) is 23.7 Å². The van der Waals surface area contributed by atoms with Crippen molar-refractivity contribution < 1.29 is 23.8 Å². The lowest BCUT2D eigenvalue weighted by Gasteiger charge is -2.68. The molecule has 1 amide bonds. The van der Waals surface area contributed by atoms with Crippen molar-refractivity contribution in [2.75, 3.05) is 20.8 Å². The molecule has 0 saturated heterocycles. The number of aryl methyl sites for hydroxylation is 1. The van der Waals surface area contributed by atoms with Crippen LogP contribution in [0.5, 0.6) is 5.75 Å². The summed E-state index contributed by atoms with van der Waals surface area (Å²) in [5.41, 5.74) is 1.70. The fourth-order valence-corrected chi connectivity index (χ4v) is 5.84. The van der Waals surface area contributed by atoms with Crippen molar-refractivity contribution in [1.82, 2.24) is 24.9 Å². The Balaban J connectivity index is 1.17. The zero-order chi connectivity index (χ0) is 23.9. The van der Waals surface area contributed by atoms with E-state index in [-0.39, 0.29) is 35.5 Å². The highest BCUT2D eigenvalue weighted by atomic mass is 16.6. The van der Waals surface area contributed by atoms with E-state index in [9.17, 15) is 9.59 Å². The smallest absolute Gasteiger partial charge is 0.410 e. The molecule has 0 aromatic carbocycles. The second-order valence-electron chi connectivity index (χ2n) is 10.1. The van der Waals surface area contributed by atoms with Crippen molar-refractivity contribution in [2.24, 2.45) is 17.9 Å². The van der Waals surface area contributed by atoms with Gasteiger partial charge in [-0.1, -0.05) is 18.1 Å². The zero-order valence-electron chi connectivity index (χ0n) is 20.0. The van der Waals surface area contributed by atoms with Crippen LogP contribution in [0, 0.1) is 10.8 Å². The van der Waals surface area contributed by atoms with Gasteiger partial charge in [-0.15, -0.1) is 5.10 Å². The van der Waals surface area contributed by atoms with Gasteiger partial charge in [0.15, 0.2) is 0 Å². The second kappa shape index (κ2) is 8.56. The third-order valence-electron chi connectivity index (χ3n) is 7.72. The Morgan fingerprint density at radius 1 is 1.21 bits per heavy atom. The highest BCUT2D eigenvalue weighted by molar-refractivity contribution is 5.81. The lowest BCUT2D eigenvalue weighted by atomic mass is 9.35. The van der Waals surface area contributed by atoms with E-state index in [1.54, 1.807) is 29.9 Å². The Morgan fingerprint density at radius 2 is 1.94 bits per heavy atom. The topological polar surface area (TPSA) is 109 Å². The first kappa shape index (κ1) is 22.6. The standard InChI is InChI=1S/C24H31N5O5/c1-28(16-6-4-5-7-16)22(31)33-11-19-20(26-27-29(19)2)18-9-8-17(10-25-18)34-15-23-12-24(13-23,14-23)21(30)32-3/h8-10,16H,4-7,11-15H2,1-3H3. The summed E-state index contributed by atoms with van der Waals surface area (Å²) >= 11 is 0. The molecule has 34 heavy (non-hydrogen) atoms. The fourth-order valence-electron chi connectivity index (χ4n) is 5.84. The summed E-state index contributed by atoms with van der Waals surface area (Å²) in [5.74, 6) is 0.562. The maximum atomic E-state index is 12.5. The van der Waals surface area contributed by atoms with Crippen molar-refractivity contribution in [2.45, 2.75) is 57.6 Å². The Kier molecular flexibility index (Phi) is 5.69. The highest BCUT2D eigenvalue weighted by Gasteiger charge is 2.72. The van der Waals surface area contributed by atoms with Crippen LogP contribution in [0.25, 0.3) is 11.4 Å². The lowest BCUT2D eigenvalue weighted by molar-refractivity contribution is -0.233. The summed E-state index contributed by atoms with van der Waals surface area (Å²) in [4.78, 5) is 30.5. The van der Waals surface area contributed by atoms with Crippen LogP contribution in [0.4, 0.5) is 4.79 Å². The van der Waals surface area contributed by atoms with E-state index in [1.165, 1.54) is 7.11 Å². The van der Waals surface area contributed by atoms with Crippen LogP contribution in [-0.4, -0.2) is 63.7 Å². The van der Waals surface area contributed by atoms with Gasteiger partial charge in [-0.3, -0.25) is 9.78 Å². The number of hydrogen-bond donors (Lipinski definition) is 0. The minimum Gasteiger partial charge on any atom is -0.491 e. The molecule has 182 valence electrons. The predicted molar refractivity (Wildman–Crippen MR) is 121 cm³/mol. The molecule has 2 aromatic heterocycles. The van der Waals surface area contributed by atoms with Gasteiger partial charge in [0.25, 0.3) is 0 Å². The number of nitrogens with zero attached hydrogens (tertiary/aromatic N) is 5. The number of carbonyl (C=O) groups excluding carboxylic acids is 2.